The molecule has 0 radical (unpaired) electrons. The zero-order chi connectivity index (χ0) is 15.8. The van der Waals surface area contributed by atoms with Gasteiger partial charge < -0.3 is 15.2 Å². The summed E-state index contributed by atoms with van der Waals surface area (Å²) in [7, 11) is 0. The molecule has 22 heavy (non-hydrogen) atoms. The number of aliphatic hydroxyl groups is 1. The summed E-state index contributed by atoms with van der Waals surface area (Å²) in [6, 6.07) is 15.2. The van der Waals surface area contributed by atoms with E-state index < -0.39 is 0 Å². The van der Waals surface area contributed by atoms with Crippen LogP contribution in [-0.2, 0) is 17.8 Å². The molecule has 0 aliphatic carbocycles. The van der Waals surface area contributed by atoms with Crippen molar-refractivity contribution in [3.63, 3.8) is 0 Å². The van der Waals surface area contributed by atoms with Gasteiger partial charge in [0, 0.05) is 17.7 Å². The van der Waals surface area contributed by atoms with Gasteiger partial charge in [0.25, 0.3) is 0 Å². The van der Waals surface area contributed by atoms with Crippen LogP contribution in [0.1, 0.15) is 24.5 Å². The standard InChI is InChI=1S/C18H21NO3/c1-2-22-17-10-9-16(12-15(17)13-20)19-18(21)11-8-14-6-4-3-5-7-14/h3-7,9-10,12,20H,2,8,11,13H2,1H3,(H,19,21). The molecule has 0 atom stereocenters. The predicted molar refractivity (Wildman–Crippen MR) is 86.9 cm³/mol. The Hall–Kier alpha value is -2.33. The molecule has 2 N–H and O–H groups in total. The number of hydrogen-bond acceptors (Lipinski definition) is 3. The molecule has 0 bridgehead atoms. The van der Waals surface area contributed by atoms with Gasteiger partial charge in [-0.1, -0.05) is 30.3 Å². The number of hydrogen-bond donors (Lipinski definition) is 2. The van der Waals surface area contributed by atoms with Crippen molar-refractivity contribution < 1.29 is 14.6 Å². The van der Waals surface area contributed by atoms with Crippen molar-refractivity contribution in [3.8, 4) is 5.75 Å². The van der Waals surface area contributed by atoms with E-state index in [9.17, 15) is 9.90 Å². The summed E-state index contributed by atoms with van der Waals surface area (Å²) in [6.07, 6.45) is 1.13. The maximum absolute atomic E-state index is 12.0. The van der Waals surface area contributed by atoms with Crippen LogP contribution in [0.5, 0.6) is 5.75 Å². The number of benzene rings is 2. The van der Waals surface area contributed by atoms with E-state index in [2.05, 4.69) is 5.32 Å². The SMILES string of the molecule is CCOc1ccc(NC(=O)CCc2ccccc2)cc1CO. The number of ether oxygens (including phenoxy) is 1. The zero-order valence-electron chi connectivity index (χ0n) is 12.7. The predicted octanol–water partition coefficient (Wildman–Crippen LogP) is 3.15. The van der Waals surface area contributed by atoms with E-state index in [0.29, 0.717) is 36.4 Å². The average molecular weight is 299 g/mol. The Bertz CT molecular complexity index is 611. The normalized spacial score (nSPS) is 10.3. The lowest BCUT2D eigenvalue weighted by Crippen LogP contribution is -2.12. The molecule has 0 saturated heterocycles. The van der Waals surface area contributed by atoms with Gasteiger partial charge in [-0.3, -0.25) is 4.79 Å². The smallest absolute Gasteiger partial charge is 0.224 e. The molecule has 2 aromatic carbocycles. The zero-order valence-corrected chi connectivity index (χ0v) is 12.7. The van der Waals surface area contributed by atoms with Gasteiger partial charge >= 0.3 is 0 Å². The van der Waals surface area contributed by atoms with Crippen LogP contribution in [0.15, 0.2) is 48.5 Å². The van der Waals surface area contributed by atoms with Crippen molar-refractivity contribution in [2.45, 2.75) is 26.4 Å². The summed E-state index contributed by atoms with van der Waals surface area (Å²) in [5.41, 5.74) is 2.48. The second-order valence-electron chi connectivity index (χ2n) is 4.95. The first-order chi connectivity index (χ1) is 10.7. The summed E-state index contributed by atoms with van der Waals surface area (Å²) in [5, 5.41) is 12.2. The lowest BCUT2D eigenvalue weighted by molar-refractivity contribution is -0.116. The van der Waals surface area contributed by atoms with Gasteiger partial charge in [0.2, 0.25) is 5.91 Å². The van der Waals surface area contributed by atoms with Gasteiger partial charge in [-0.15, -0.1) is 0 Å². The minimum absolute atomic E-state index is 0.0445. The number of aryl methyl sites for hydroxylation is 1. The van der Waals surface area contributed by atoms with Crippen LogP contribution in [0.3, 0.4) is 0 Å². The fourth-order valence-electron chi connectivity index (χ4n) is 2.20. The van der Waals surface area contributed by atoms with Crippen molar-refractivity contribution in [1.82, 2.24) is 0 Å². The molecule has 0 heterocycles. The molecular formula is C18H21NO3. The third-order valence-corrected chi connectivity index (χ3v) is 3.30. The van der Waals surface area contributed by atoms with Crippen molar-refractivity contribution in [2.24, 2.45) is 0 Å². The van der Waals surface area contributed by atoms with E-state index in [4.69, 9.17) is 4.74 Å². The highest BCUT2D eigenvalue weighted by molar-refractivity contribution is 5.91. The molecule has 4 heteroatoms. The second-order valence-corrected chi connectivity index (χ2v) is 4.95. The third kappa shape index (κ3) is 4.60. The van der Waals surface area contributed by atoms with Crippen molar-refractivity contribution in [1.29, 1.82) is 0 Å². The maximum Gasteiger partial charge on any atom is 0.224 e. The number of carbonyl (C=O) groups is 1. The van der Waals surface area contributed by atoms with E-state index >= 15 is 0 Å². The maximum atomic E-state index is 12.0. The van der Waals surface area contributed by atoms with Crippen LogP contribution in [0.25, 0.3) is 0 Å². The fourth-order valence-corrected chi connectivity index (χ4v) is 2.20. The minimum atomic E-state index is -0.122. The molecule has 2 rings (SSSR count). The first-order valence-corrected chi connectivity index (χ1v) is 7.43. The van der Waals surface area contributed by atoms with Gasteiger partial charge in [-0.2, -0.15) is 0 Å². The highest BCUT2D eigenvalue weighted by atomic mass is 16.5. The second kappa shape index (κ2) is 8.20. The Morgan fingerprint density at radius 2 is 1.95 bits per heavy atom. The number of amides is 1. The molecule has 0 aliphatic heterocycles. The fraction of sp³-hybridized carbons (Fsp3) is 0.278. The Morgan fingerprint density at radius 3 is 2.64 bits per heavy atom. The van der Waals surface area contributed by atoms with Gasteiger partial charge in [0.05, 0.1) is 13.2 Å². The first-order valence-electron chi connectivity index (χ1n) is 7.43. The van der Waals surface area contributed by atoms with Gasteiger partial charge in [-0.05, 0) is 37.1 Å². The molecule has 0 aromatic heterocycles. The summed E-state index contributed by atoms with van der Waals surface area (Å²) in [5.74, 6) is 0.601. The molecule has 1 amide bonds. The van der Waals surface area contributed by atoms with E-state index in [0.717, 1.165) is 5.56 Å². The van der Waals surface area contributed by atoms with Crippen LogP contribution >= 0.6 is 0 Å². The van der Waals surface area contributed by atoms with Crippen LogP contribution < -0.4 is 10.1 Å². The van der Waals surface area contributed by atoms with E-state index in [-0.39, 0.29) is 12.5 Å². The van der Waals surface area contributed by atoms with Crippen LogP contribution in [0.4, 0.5) is 5.69 Å². The minimum Gasteiger partial charge on any atom is -0.494 e. The Labute approximate surface area is 130 Å². The molecule has 0 fully saturated rings. The highest BCUT2D eigenvalue weighted by Gasteiger charge is 2.07. The van der Waals surface area contributed by atoms with Crippen LogP contribution in [0.2, 0.25) is 0 Å². The quantitative estimate of drug-likeness (QED) is 0.825. The van der Waals surface area contributed by atoms with Crippen LogP contribution in [-0.4, -0.2) is 17.6 Å². The van der Waals surface area contributed by atoms with E-state index in [1.807, 2.05) is 37.3 Å². The average Bonchev–Trinajstić information content (AvgIpc) is 2.55. The molecular weight excluding hydrogens is 278 g/mol. The number of aliphatic hydroxyl groups excluding tert-OH is 1. The molecule has 0 aliphatic rings. The third-order valence-electron chi connectivity index (χ3n) is 3.30. The lowest BCUT2D eigenvalue weighted by atomic mass is 10.1. The molecule has 0 unspecified atom stereocenters. The number of rotatable bonds is 7. The first kappa shape index (κ1) is 16.0. The summed E-state index contributed by atoms with van der Waals surface area (Å²) < 4.78 is 5.42. The van der Waals surface area contributed by atoms with Gasteiger partial charge in [-0.25, -0.2) is 0 Å². The topological polar surface area (TPSA) is 58.6 Å². The van der Waals surface area contributed by atoms with Crippen molar-refractivity contribution in [2.75, 3.05) is 11.9 Å². The molecule has 116 valence electrons. The summed E-state index contributed by atoms with van der Waals surface area (Å²) in [4.78, 5) is 12.0. The van der Waals surface area contributed by atoms with E-state index in [1.165, 1.54) is 0 Å². The van der Waals surface area contributed by atoms with Crippen molar-refractivity contribution >= 4 is 11.6 Å². The molecule has 4 nitrogen and oxygen atoms in total. The van der Waals surface area contributed by atoms with Crippen LogP contribution in [0, 0.1) is 0 Å². The monoisotopic (exact) mass is 299 g/mol. The molecule has 2 aromatic rings. The lowest BCUT2D eigenvalue weighted by Gasteiger charge is -2.11. The highest BCUT2D eigenvalue weighted by Crippen LogP contribution is 2.23. The molecule has 0 saturated carbocycles. The Kier molecular flexibility index (Phi) is 5.98. The van der Waals surface area contributed by atoms with Gasteiger partial charge in [0.1, 0.15) is 5.75 Å². The Balaban J connectivity index is 1.93. The molecule has 0 spiro atoms. The van der Waals surface area contributed by atoms with Crippen molar-refractivity contribution in [3.05, 3.63) is 59.7 Å². The largest absolute Gasteiger partial charge is 0.494 e. The summed E-state index contributed by atoms with van der Waals surface area (Å²) >= 11 is 0. The number of anilines is 1. The summed E-state index contributed by atoms with van der Waals surface area (Å²) in [6.45, 7) is 2.30. The number of nitrogens with one attached hydrogen (secondary N) is 1. The van der Waals surface area contributed by atoms with E-state index in [1.54, 1.807) is 18.2 Å². The van der Waals surface area contributed by atoms with Gasteiger partial charge in [0.15, 0.2) is 0 Å². The Morgan fingerprint density at radius 1 is 1.18 bits per heavy atom. The number of carbonyl (C=O) groups excluding carboxylic acids is 1.